The van der Waals surface area contributed by atoms with Crippen LogP contribution in [0.5, 0.6) is 5.75 Å². The summed E-state index contributed by atoms with van der Waals surface area (Å²) in [5.41, 5.74) is 1.49. The highest BCUT2D eigenvalue weighted by atomic mass is 16.5. The summed E-state index contributed by atoms with van der Waals surface area (Å²) in [6.45, 7) is 8.67. The van der Waals surface area contributed by atoms with Gasteiger partial charge in [0.05, 0.1) is 6.61 Å². The van der Waals surface area contributed by atoms with E-state index in [1.807, 2.05) is 0 Å². The van der Waals surface area contributed by atoms with Gasteiger partial charge in [0.1, 0.15) is 5.75 Å². The van der Waals surface area contributed by atoms with Crippen LogP contribution in [0, 0.1) is 0 Å². The van der Waals surface area contributed by atoms with E-state index in [1.54, 1.807) is 0 Å². The van der Waals surface area contributed by atoms with Gasteiger partial charge >= 0.3 is 0 Å². The van der Waals surface area contributed by atoms with Crippen LogP contribution in [0.3, 0.4) is 0 Å². The van der Waals surface area contributed by atoms with Crippen LogP contribution in [0.15, 0.2) is 24.3 Å². The van der Waals surface area contributed by atoms with E-state index in [9.17, 15) is 0 Å². The summed E-state index contributed by atoms with van der Waals surface area (Å²) in [6.07, 6.45) is 4.92. The van der Waals surface area contributed by atoms with Crippen LogP contribution in [-0.2, 0) is 5.41 Å². The third-order valence-electron chi connectivity index (χ3n) is 3.84. The molecule has 1 N–H and O–H groups in total. The second kappa shape index (κ2) is 6.42. The van der Waals surface area contributed by atoms with Crippen molar-refractivity contribution in [2.75, 3.05) is 13.2 Å². The van der Waals surface area contributed by atoms with Gasteiger partial charge in [-0.05, 0) is 49.3 Å². The molecule has 1 saturated carbocycles. The molecule has 1 aliphatic rings. The van der Waals surface area contributed by atoms with Gasteiger partial charge in [0.2, 0.25) is 0 Å². The van der Waals surface area contributed by atoms with Crippen LogP contribution < -0.4 is 10.1 Å². The zero-order chi connectivity index (χ0) is 13.7. The lowest BCUT2D eigenvalue weighted by Gasteiger charge is -2.27. The van der Waals surface area contributed by atoms with E-state index in [0.717, 1.165) is 37.8 Å². The Morgan fingerprint density at radius 2 is 2.00 bits per heavy atom. The van der Waals surface area contributed by atoms with Crippen molar-refractivity contribution >= 4 is 0 Å². The molecular formula is C17H27NO. The standard InChI is InChI=1S/C17H27NO/c1-4-13-19-16-8-6-5-7-15(16)17(2,3)11-12-18-14-9-10-14/h5-8,14,18H,4,9-13H2,1-3H3. The molecule has 0 aliphatic heterocycles. The topological polar surface area (TPSA) is 21.3 Å². The summed E-state index contributed by atoms with van der Waals surface area (Å²) < 4.78 is 5.89. The first-order valence-corrected chi connectivity index (χ1v) is 7.59. The first kappa shape index (κ1) is 14.4. The zero-order valence-electron chi connectivity index (χ0n) is 12.5. The fourth-order valence-corrected chi connectivity index (χ4v) is 2.37. The molecule has 19 heavy (non-hydrogen) atoms. The molecule has 2 rings (SSSR count). The number of hydrogen-bond acceptors (Lipinski definition) is 2. The number of hydrogen-bond donors (Lipinski definition) is 1. The van der Waals surface area contributed by atoms with Crippen LogP contribution in [0.4, 0.5) is 0 Å². The third kappa shape index (κ3) is 4.24. The van der Waals surface area contributed by atoms with Gasteiger partial charge in [-0.2, -0.15) is 0 Å². The molecule has 0 unspecified atom stereocenters. The highest BCUT2D eigenvalue weighted by Crippen LogP contribution is 2.34. The predicted molar refractivity (Wildman–Crippen MR) is 80.9 cm³/mol. The molecule has 0 heterocycles. The van der Waals surface area contributed by atoms with Crippen molar-refractivity contribution in [1.29, 1.82) is 0 Å². The minimum absolute atomic E-state index is 0.159. The molecule has 0 bridgehead atoms. The van der Waals surface area contributed by atoms with E-state index >= 15 is 0 Å². The SMILES string of the molecule is CCCOc1ccccc1C(C)(C)CCNC1CC1. The maximum atomic E-state index is 5.89. The van der Waals surface area contributed by atoms with Crippen LogP contribution >= 0.6 is 0 Å². The van der Waals surface area contributed by atoms with Crippen molar-refractivity contribution in [3.05, 3.63) is 29.8 Å². The second-order valence-electron chi connectivity index (χ2n) is 6.21. The molecule has 106 valence electrons. The summed E-state index contributed by atoms with van der Waals surface area (Å²) in [7, 11) is 0. The number of para-hydroxylation sites is 1. The van der Waals surface area contributed by atoms with Gasteiger partial charge in [0, 0.05) is 6.04 Å². The van der Waals surface area contributed by atoms with Crippen LogP contribution in [-0.4, -0.2) is 19.2 Å². The van der Waals surface area contributed by atoms with E-state index < -0.39 is 0 Å². The lowest BCUT2D eigenvalue weighted by atomic mass is 9.81. The molecule has 1 aromatic carbocycles. The summed E-state index contributed by atoms with van der Waals surface area (Å²) in [5.74, 6) is 1.06. The van der Waals surface area contributed by atoms with Crippen molar-refractivity contribution in [3.63, 3.8) is 0 Å². The Morgan fingerprint density at radius 3 is 2.68 bits per heavy atom. The maximum Gasteiger partial charge on any atom is 0.123 e. The fraction of sp³-hybridized carbons (Fsp3) is 0.647. The second-order valence-corrected chi connectivity index (χ2v) is 6.21. The van der Waals surface area contributed by atoms with Crippen molar-refractivity contribution in [2.24, 2.45) is 0 Å². The van der Waals surface area contributed by atoms with Crippen molar-refractivity contribution in [3.8, 4) is 5.75 Å². The lowest BCUT2D eigenvalue weighted by molar-refractivity contribution is 0.304. The van der Waals surface area contributed by atoms with E-state index in [-0.39, 0.29) is 5.41 Å². The van der Waals surface area contributed by atoms with Gasteiger partial charge in [0.15, 0.2) is 0 Å². The Labute approximate surface area is 117 Å². The molecule has 0 radical (unpaired) electrons. The Hall–Kier alpha value is -1.02. The van der Waals surface area contributed by atoms with Gasteiger partial charge in [-0.1, -0.05) is 39.0 Å². The first-order chi connectivity index (χ1) is 9.13. The van der Waals surface area contributed by atoms with Gasteiger partial charge < -0.3 is 10.1 Å². The average molecular weight is 261 g/mol. The fourth-order valence-electron chi connectivity index (χ4n) is 2.37. The maximum absolute atomic E-state index is 5.89. The quantitative estimate of drug-likeness (QED) is 0.766. The Morgan fingerprint density at radius 1 is 1.26 bits per heavy atom. The molecular weight excluding hydrogens is 234 g/mol. The molecule has 1 aliphatic carbocycles. The van der Waals surface area contributed by atoms with Gasteiger partial charge in [-0.25, -0.2) is 0 Å². The van der Waals surface area contributed by atoms with E-state index in [1.165, 1.54) is 18.4 Å². The largest absolute Gasteiger partial charge is 0.493 e. The summed E-state index contributed by atoms with van der Waals surface area (Å²) in [6, 6.07) is 9.28. The Bertz CT molecular complexity index is 396. The Kier molecular flexibility index (Phi) is 4.87. The van der Waals surface area contributed by atoms with Gasteiger partial charge in [-0.3, -0.25) is 0 Å². The lowest BCUT2D eigenvalue weighted by Crippen LogP contribution is -2.27. The molecule has 0 atom stereocenters. The van der Waals surface area contributed by atoms with E-state index in [0.29, 0.717) is 0 Å². The normalized spacial score (nSPS) is 15.5. The van der Waals surface area contributed by atoms with Crippen LogP contribution in [0.2, 0.25) is 0 Å². The number of ether oxygens (including phenoxy) is 1. The average Bonchev–Trinajstić information content (AvgIpc) is 3.20. The van der Waals surface area contributed by atoms with Crippen molar-refractivity contribution in [2.45, 2.75) is 57.9 Å². The molecule has 0 amide bonds. The number of nitrogens with one attached hydrogen (secondary N) is 1. The minimum Gasteiger partial charge on any atom is -0.493 e. The molecule has 1 fully saturated rings. The third-order valence-corrected chi connectivity index (χ3v) is 3.84. The summed E-state index contributed by atoms with van der Waals surface area (Å²) in [4.78, 5) is 0. The van der Waals surface area contributed by atoms with Gasteiger partial charge in [0.25, 0.3) is 0 Å². The van der Waals surface area contributed by atoms with E-state index in [4.69, 9.17) is 4.74 Å². The zero-order valence-corrected chi connectivity index (χ0v) is 12.5. The number of rotatable bonds is 8. The molecule has 0 aromatic heterocycles. The molecule has 0 saturated heterocycles. The van der Waals surface area contributed by atoms with Crippen molar-refractivity contribution in [1.82, 2.24) is 5.32 Å². The molecule has 0 spiro atoms. The van der Waals surface area contributed by atoms with Crippen LogP contribution in [0.25, 0.3) is 0 Å². The van der Waals surface area contributed by atoms with Gasteiger partial charge in [-0.15, -0.1) is 0 Å². The van der Waals surface area contributed by atoms with Crippen molar-refractivity contribution < 1.29 is 4.74 Å². The highest BCUT2D eigenvalue weighted by molar-refractivity contribution is 5.38. The Balaban J connectivity index is 1.99. The molecule has 2 heteroatoms. The molecule has 1 aromatic rings. The predicted octanol–water partition coefficient (Wildman–Crippen LogP) is 3.90. The van der Waals surface area contributed by atoms with E-state index in [2.05, 4.69) is 50.4 Å². The minimum atomic E-state index is 0.159. The summed E-state index contributed by atoms with van der Waals surface area (Å²) in [5, 5.41) is 3.60. The number of benzene rings is 1. The smallest absolute Gasteiger partial charge is 0.123 e. The monoisotopic (exact) mass is 261 g/mol. The van der Waals surface area contributed by atoms with Crippen LogP contribution in [0.1, 0.15) is 52.0 Å². The first-order valence-electron chi connectivity index (χ1n) is 7.59. The highest BCUT2D eigenvalue weighted by Gasteiger charge is 2.26. The molecule has 2 nitrogen and oxygen atoms in total. The summed E-state index contributed by atoms with van der Waals surface area (Å²) >= 11 is 0.